The van der Waals surface area contributed by atoms with Gasteiger partial charge in [0.05, 0.1) is 5.56 Å². The van der Waals surface area contributed by atoms with Gasteiger partial charge in [0.1, 0.15) is 5.82 Å². The molecule has 0 bridgehead atoms. The molecule has 0 atom stereocenters. The van der Waals surface area contributed by atoms with Gasteiger partial charge in [0.15, 0.2) is 19.0 Å². The lowest BCUT2D eigenvalue weighted by molar-refractivity contribution is -0.155. The van der Waals surface area contributed by atoms with E-state index in [2.05, 4.69) is 19.4 Å². The van der Waals surface area contributed by atoms with Crippen molar-refractivity contribution in [3.63, 3.8) is 0 Å². The molecule has 18 heteroatoms. The summed E-state index contributed by atoms with van der Waals surface area (Å²) in [6, 6.07) is 0.946. The number of rotatable bonds is 6. The summed E-state index contributed by atoms with van der Waals surface area (Å²) in [5, 5.41) is 4.80. The van der Waals surface area contributed by atoms with Crippen molar-refractivity contribution in [2.24, 2.45) is 5.14 Å². The van der Waals surface area contributed by atoms with Gasteiger partial charge < -0.3 is 9.47 Å². The second kappa shape index (κ2) is 8.81. The molecule has 1 aromatic carbocycles. The van der Waals surface area contributed by atoms with Crippen molar-refractivity contribution >= 4 is 10.0 Å². The average Bonchev–Trinajstić information content (AvgIpc) is 2.61. The van der Waals surface area contributed by atoms with E-state index in [0.717, 1.165) is 0 Å². The molecule has 2 rings (SSSR count). The number of sulfonamides is 1. The molecule has 0 saturated carbocycles. The number of nitrogens with two attached hydrogens (primary N) is 1. The van der Waals surface area contributed by atoms with E-state index >= 15 is 0 Å². The van der Waals surface area contributed by atoms with Crippen LogP contribution >= 0.6 is 0 Å². The van der Waals surface area contributed by atoms with Crippen LogP contribution in [0.25, 0.3) is 11.4 Å². The van der Waals surface area contributed by atoms with Crippen molar-refractivity contribution in [1.29, 1.82) is 0 Å². The van der Waals surface area contributed by atoms with Crippen LogP contribution in [-0.4, -0.2) is 44.0 Å². The number of primary sulfonamides is 1. The van der Waals surface area contributed by atoms with Gasteiger partial charge in [-0.05, 0) is 18.2 Å². The maximum atomic E-state index is 13.5. The van der Waals surface area contributed by atoms with E-state index in [-0.39, 0.29) is 12.1 Å². The van der Waals surface area contributed by atoms with Crippen LogP contribution in [0.4, 0.5) is 43.9 Å². The first-order chi connectivity index (χ1) is 14.8. The third-order valence-corrected chi connectivity index (χ3v) is 4.28. The Morgan fingerprint density at radius 1 is 0.848 bits per heavy atom. The first-order valence-electron chi connectivity index (χ1n) is 7.99. The fourth-order valence-electron chi connectivity index (χ4n) is 2.16. The number of halogens is 10. The Balaban J connectivity index is 2.76. The topological polar surface area (TPSA) is 104 Å². The third-order valence-electron chi connectivity index (χ3n) is 3.36. The summed E-state index contributed by atoms with van der Waals surface area (Å²) in [7, 11) is -5.19. The zero-order chi connectivity index (χ0) is 25.4. The maximum absolute atomic E-state index is 13.5. The summed E-state index contributed by atoms with van der Waals surface area (Å²) in [6.07, 6.45) is -15.5. The molecule has 1 heterocycles. The maximum Gasteiger partial charge on any atom is 0.422 e. The second-order valence-corrected chi connectivity index (χ2v) is 7.53. The molecule has 2 aromatic rings. The van der Waals surface area contributed by atoms with E-state index in [1.807, 2.05) is 0 Å². The lowest BCUT2D eigenvalue weighted by Gasteiger charge is -2.17. The summed E-state index contributed by atoms with van der Waals surface area (Å²) in [5.41, 5.74) is -2.66. The van der Waals surface area contributed by atoms with Crippen LogP contribution in [0.3, 0.4) is 0 Å². The zero-order valence-electron chi connectivity index (χ0n) is 15.4. The highest BCUT2D eigenvalue weighted by atomic mass is 32.2. The summed E-state index contributed by atoms with van der Waals surface area (Å²) in [6.45, 7) is -4.44. The van der Waals surface area contributed by atoms with Crippen LogP contribution in [0.2, 0.25) is 0 Å². The Bertz CT molecular complexity index is 1090. The molecule has 2 N–H and O–H groups in total. The Hall–Kier alpha value is -2.89. The Labute approximate surface area is 177 Å². The molecule has 0 saturated heterocycles. The predicted molar refractivity (Wildman–Crippen MR) is 86.9 cm³/mol. The van der Waals surface area contributed by atoms with E-state index in [9.17, 15) is 52.3 Å². The number of nitrogens with zero attached hydrogens (tertiary/aromatic N) is 2. The highest BCUT2D eigenvalue weighted by Gasteiger charge is 2.37. The van der Waals surface area contributed by atoms with Crippen LogP contribution in [0, 0.1) is 5.82 Å². The third kappa shape index (κ3) is 7.31. The van der Waals surface area contributed by atoms with Crippen molar-refractivity contribution < 1.29 is 61.8 Å². The molecule has 184 valence electrons. The standard InChI is InChI=1S/C15H9F10N3O4S/c16-8-2-1-6(3-7(8)15(23,24)25)10-27-11(31-4-13(17,18)19)9(33(26,29)30)12(28-10)32-5-14(20,21)22/h1-3H,4-5H2,(H2,26,29,30). The normalized spacial score (nSPS) is 13.2. The summed E-state index contributed by atoms with van der Waals surface area (Å²) in [5.74, 6) is -5.97. The predicted octanol–water partition coefficient (Wildman–Crippen LogP) is 3.83. The lowest BCUT2D eigenvalue weighted by atomic mass is 10.1. The van der Waals surface area contributed by atoms with E-state index < -0.39 is 81.2 Å². The molecule has 0 radical (unpaired) electrons. The van der Waals surface area contributed by atoms with Crippen molar-refractivity contribution in [2.45, 2.75) is 23.4 Å². The molecule has 0 fully saturated rings. The number of ether oxygens (including phenoxy) is 2. The van der Waals surface area contributed by atoms with Gasteiger partial charge in [0.2, 0.25) is 26.7 Å². The number of alkyl halides is 9. The SMILES string of the molecule is NS(=O)(=O)c1c(OCC(F)(F)F)nc(-c2ccc(F)c(C(F)(F)F)c2)nc1OCC(F)(F)F. The van der Waals surface area contributed by atoms with Gasteiger partial charge in [-0.1, -0.05) is 0 Å². The van der Waals surface area contributed by atoms with E-state index in [1.54, 1.807) is 0 Å². The Morgan fingerprint density at radius 3 is 1.67 bits per heavy atom. The monoisotopic (exact) mass is 517 g/mol. The van der Waals surface area contributed by atoms with Crippen LogP contribution < -0.4 is 14.6 Å². The van der Waals surface area contributed by atoms with Crippen LogP contribution in [0.5, 0.6) is 11.8 Å². The molecule has 0 aliphatic heterocycles. The summed E-state index contributed by atoms with van der Waals surface area (Å²) in [4.78, 5) is 4.83. The molecule has 1 aromatic heterocycles. The van der Waals surface area contributed by atoms with E-state index in [0.29, 0.717) is 6.07 Å². The van der Waals surface area contributed by atoms with Gasteiger partial charge in [0.25, 0.3) is 0 Å². The van der Waals surface area contributed by atoms with Gasteiger partial charge in [-0.3, -0.25) is 0 Å². The van der Waals surface area contributed by atoms with Crippen molar-refractivity contribution in [2.75, 3.05) is 13.2 Å². The molecule has 0 aliphatic rings. The zero-order valence-corrected chi connectivity index (χ0v) is 16.3. The van der Waals surface area contributed by atoms with Gasteiger partial charge in [0, 0.05) is 5.56 Å². The molecular weight excluding hydrogens is 508 g/mol. The highest BCUT2D eigenvalue weighted by Crippen LogP contribution is 2.37. The minimum absolute atomic E-state index is 0.0857. The Kier molecular flexibility index (Phi) is 7.03. The van der Waals surface area contributed by atoms with Crippen molar-refractivity contribution in [3.05, 3.63) is 29.6 Å². The van der Waals surface area contributed by atoms with E-state index in [1.165, 1.54) is 0 Å². The molecule has 0 aliphatic carbocycles. The molecule has 0 amide bonds. The fourth-order valence-corrected chi connectivity index (χ4v) is 2.86. The minimum Gasteiger partial charge on any atom is -0.467 e. The van der Waals surface area contributed by atoms with Crippen molar-refractivity contribution in [1.82, 2.24) is 9.97 Å². The molecule has 0 spiro atoms. The largest absolute Gasteiger partial charge is 0.467 e. The van der Waals surface area contributed by atoms with Gasteiger partial charge in [-0.15, -0.1) is 0 Å². The average molecular weight is 517 g/mol. The van der Waals surface area contributed by atoms with Crippen molar-refractivity contribution in [3.8, 4) is 23.1 Å². The van der Waals surface area contributed by atoms with Crippen LogP contribution in [0.15, 0.2) is 23.1 Å². The minimum atomic E-state index is -5.26. The smallest absolute Gasteiger partial charge is 0.422 e. The van der Waals surface area contributed by atoms with E-state index in [4.69, 9.17) is 5.14 Å². The molecule has 0 unspecified atom stereocenters. The number of hydrogen-bond donors (Lipinski definition) is 1. The summed E-state index contributed by atoms with van der Waals surface area (Å²) < 4.78 is 159. The molecule has 7 nitrogen and oxygen atoms in total. The highest BCUT2D eigenvalue weighted by molar-refractivity contribution is 7.89. The lowest BCUT2D eigenvalue weighted by Crippen LogP contribution is -2.25. The Morgan fingerprint density at radius 2 is 1.30 bits per heavy atom. The molecule has 33 heavy (non-hydrogen) atoms. The first-order valence-corrected chi connectivity index (χ1v) is 9.53. The molecular formula is C15H9F10N3O4S. The summed E-state index contributed by atoms with van der Waals surface area (Å²) >= 11 is 0. The van der Waals surface area contributed by atoms with Crippen LogP contribution in [0.1, 0.15) is 5.56 Å². The van der Waals surface area contributed by atoms with Gasteiger partial charge in [-0.25, -0.2) is 17.9 Å². The fraction of sp³-hybridized carbons (Fsp3) is 0.333. The van der Waals surface area contributed by atoms with Gasteiger partial charge >= 0.3 is 18.5 Å². The second-order valence-electron chi connectivity index (χ2n) is 6.03. The number of aromatic nitrogens is 2. The number of benzene rings is 1. The quantitative estimate of drug-likeness (QED) is 0.585. The number of hydrogen-bond acceptors (Lipinski definition) is 6. The first kappa shape index (κ1) is 26.4. The van der Waals surface area contributed by atoms with Gasteiger partial charge in [-0.2, -0.15) is 49.5 Å². The van der Waals surface area contributed by atoms with Crippen LogP contribution in [-0.2, 0) is 16.2 Å².